The molecule has 3 fully saturated rings. The summed E-state index contributed by atoms with van der Waals surface area (Å²) in [5, 5.41) is 121. The second kappa shape index (κ2) is 68.4. The fourth-order valence-electron chi connectivity index (χ4n) is 15.3. The van der Waals surface area contributed by atoms with Gasteiger partial charge < -0.3 is 89.9 Å². The predicted molar refractivity (Wildman–Crippen MR) is 429 cm³/mol. The topological polar surface area (TPSA) is 307 Å². The van der Waals surface area contributed by atoms with Crippen LogP contribution in [0.4, 0.5) is 0 Å². The van der Waals surface area contributed by atoms with E-state index in [1.165, 1.54) is 315 Å². The highest BCUT2D eigenvalue weighted by molar-refractivity contribution is 5.76. The first-order valence-corrected chi connectivity index (χ1v) is 44.7. The molecule has 17 unspecified atom stereocenters. The number of carbonyl (C=O) groups is 1. The van der Waals surface area contributed by atoms with Crippen molar-refractivity contribution in [2.45, 2.75) is 491 Å². The maximum Gasteiger partial charge on any atom is 0.220 e. The van der Waals surface area contributed by atoms with Crippen LogP contribution in [0.25, 0.3) is 0 Å². The summed E-state index contributed by atoms with van der Waals surface area (Å²) in [5.41, 5.74) is 0. The van der Waals surface area contributed by atoms with Crippen LogP contribution in [0.5, 0.6) is 0 Å². The first kappa shape index (κ1) is 99.2. The molecule has 107 heavy (non-hydrogen) atoms. The minimum atomic E-state index is -1.98. The standard InChI is InChI=1S/C88H165NO18/c1-3-5-7-9-11-13-15-17-19-21-23-25-26-27-28-29-30-31-32-33-34-35-36-37-38-39-40-41-42-43-44-46-48-50-52-54-56-58-60-62-64-66-76(94)89-71(72(93)65-63-61-59-57-55-53-51-49-47-45-24-22-20-18-16-14-12-10-8-6-4-2)70-102-86-82(100)79(97)84(74(68-91)104-86)107-88-83(101)80(98)85(75(69-92)105-88)106-87-81(99)78(96)77(95)73(67-90)103-87/h21,23,55,57,63,65,71-75,77-88,90-93,95-101H,3-20,22,24-54,56,58-62,64,66-70H2,1-2H3,(H,89,94)/b23-21-,57-55+,65-63+. The summed E-state index contributed by atoms with van der Waals surface area (Å²) < 4.78 is 34.5. The monoisotopic (exact) mass is 1520 g/mol. The number of aliphatic hydroxyl groups excluding tert-OH is 11. The molecule has 630 valence electrons. The van der Waals surface area contributed by atoms with Crippen LogP contribution in [0.15, 0.2) is 36.5 Å². The Morgan fingerprint density at radius 2 is 0.598 bits per heavy atom. The van der Waals surface area contributed by atoms with Crippen LogP contribution >= 0.6 is 0 Å². The Labute approximate surface area is 651 Å². The number of ether oxygens (including phenoxy) is 6. The molecule has 3 aliphatic rings. The number of rotatable bonds is 73. The third-order valence-electron chi connectivity index (χ3n) is 22.4. The van der Waals surface area contributed by atoms with E-state index in [2.05, 4.69) is 43.5 Å². The molecule has 1 amide bonds. The van der Waals surface area contributed by atoms with Crippen LogP contribution in [0.2, 0.25) is 0 Å². The Kier molecular flexibility index (Phi) is 63.4. The average molecular weight is 1530 g/mol. The summed E-state index contributed by atoms with van der Waals surface area (Å²) in [7, 11) is 0. The Morgan fingerprint density at radius 3 is 0.935 bits per heavy atom. The fraction of sp³-hybridized carbons (Fsp3) is 0.920. The largest absolute Gasteiger partial charge is 0.394 e. The molecule has 3 saturated heterocycles. The van der Waals surface area contributed by atoms with E-state index in [0.717, 1.165) is 38.5 Å². The smallest absolute Gasteiger partial charge is 0.220 e. The van der Waals surface area contributed by atoms with E-state index in [9.17, 15) is 61.0 Å². The van der Waals surface area contributed by atoms with Gasteiger partial charge in [-0.25, -0.2) is 0 Å². The van der Waals surface area contributed by atoms with Gasteiger partial charge in [0.1, 0.15) is 73.2 Å². The highest BCUT2D eigenvalue weighted by Gasteiger charge is 2.54. The number of unbranched alkanes of at least 4 members (excludes halogenated alkanes) is 53. The third-order valence-corrected chi connectivity index (χ3v) is 22.4. The summed E-state index contributed by atoms with van der Waals surface area (Å²) in [5.74, 6) is -0.277. The van der Waals surface area contributed by atoms with Crippen molar-refractivity contribution in [2.24, 2.45) is 0 Å². The second-order valence-corrected chi connectivity index (χ2v) is 32.1. The zero-order valence-electron chi connectivity index (χ0n) is 67.9. The van der Waals surface area contributed by atoms with Gasteiger partial charge in [-0.1, -0.05) is 359 Å². The summed E-state index contributed by atoms with van der Waals surface area (Å²) >= 11 is 0. The van der Waals surface area contributed by atoms with Crippen LogP contribution in [0.1, 0.15) is 386 Å². The molecular weight excluding hydrogens is 1360 g/mol. The van der Waals surface area contributed by atoms with E-state index in [0.29, 0.717) is 12.8 Å². The zero-order valence-corrected chi connectivity index (χ0v) is 67.9. The number of amides is 1. The predicted octanol–water partition coefficient (Wildman–Crippen LogP) is 16.6. The van der Waals surface area contributed by atoms with E-state index in [1.807, 2.05) is 6.08 Å². The fourth-order valence-corrected chi connectivity index (χ4v) is 15.3. The van der Waals surface area contributed by atoms with E-state index in [-0.39, 0.29) is 18.9 Å². The van der Waals surface area contributed by atoms with Gasteiger partial charge in [-0.15, -0.1) is 0 Å². The van der Waals surface area contributed by atoms with Crippen molar-refractivity contribution >= 4 is 5.91 Å². The first-order valence-electron chi connectivity index (χ1n) is 44.7. The first-order chi connectivity index (χ1) is 52.3. The van der Waals surface area contributed by atoms with Crippen LogP contribution in [-0.4, -0.2) is 193 Å². The van der Waals surface area contributed by atoms with Gasteiger partial charge >= 0.3 is 0 Å². The molecule has 0 aromatic rings. The molecule has 3 heterocycles. The summed E-state index contributed by atoms with van der Waals surface area (Å²) in [6.45, 7) is 1.77. The lowest BCUT2D eigenvalue weighted by molar-refractivity contribution is -0.379. The summed E-state index contributed by atoms with van der Waals surface area (Å²) in [4.78, 5) is 13.5. The molecular formula is C88H165NO18. The molecule has 12 N–H and O–H groups in total. The number of hydrogen-bond donors (Lipinski definition) is 12. The van der Waals surface area contributed by atoms with Crippen molar-refractivity contribution in [3.63, 3.8) is 0 Å². The Balaban J connectivity index is 1.29. The summed E-state index contributed by atoms with van der Waals surface area (Å²) in [6, 6.07) is -0.989. The lowest BCUT2D eigenvalue weighted by atomic mass is 9.96. The molecule has 0 aromatic heterocycles. The Hall–Kier alpha value is -1.99. The minimum absolute atomic E-state index is 0.240. The molecule has 19 nitrogen and oxygen atoms in total. The van der Waals surface area contributed by atoms with E-state index < -0.39 is 124 Å². The Morgan fingerprint density at radius 1 is 0.327 bits per heavy atom. The van der Waals surface area contributed by atoms with Crippen molar-refractivity contribution in [1.29, 1.82) is 0 Å². The highest BCUT2D eigenvalue weighted by Crippen LogP contribution is 2.34. The van der Waals surface area contributed by atoms with Gasteiger partial charge in [-0.3, -0.25) is 4.79 Å². The van der Waals surface area contributed by atoms with Crippen LogP contribution in [-0.2, 0) is 33.2 Å². The normalized spacial score (nSPS) is 25.6. The van der Waals surface area contributed by atoms with Gasteiger partial charge in [0.2, 0.25) is 5.91 Å². The van der Waals surface area contributed by atoms with E-state index in [1.54, 1.807) is 6.08 Å². The molecule has 3 rings (SSSR count). The molecule has 3 aliphatic heterocycles. The Bertz CT molecular complexity index is 2070. The van der Waals surface area contributed by atoms with Gasteiger partial charge in [0.25, 0.3) is 0 Å². The van der Waals surface area contributed by atoms with Gasteiger partial charge in [0.15, 0.2) is 18.9 Å². The van der Waals surface area contributed by atoms with Crippen molar-refractivity contribution in [3.05, 3.63) is 36.5 Å². The van der Waals surface area contributed by atoms with Gasteiger partial charge in [-0.2, -0.15) is 0 Å². The number of hydrogen-bond acceptors (Lipinski definition) is 18. The van der Waals surface area contributed by atoms with Crippen molar-refractivity contribution < 1.29 is 89.4 Å². The third kappa shape index (κ3) is 47.5. The molecule has 0 saturated carbocycles. The number of allylic oxidation sites excluding steroid dienone is 5. The molecule has 0 aliphatic carbocycles. The van der Waals surface area contributed by atoms with Crippen LogP contribution < -0.4 is 5.32 Å². The lowest BCUT2D eigenvalue weighted by Gasteiger charge is -2.48. The molecule has 0 radical (unpaired) electrons. The van der Waals surface area contributed by atoms with Crippen molar-refractivity contribution in [2.75, 3.05) is 26.4 Å². The van der Waals surface area contributed by atoms with Gasteiger partial charge in [-0.05, 0) is 57.8 Å². The quantitative estimate of drug-likeness (QED) is 0.0199. The van der Waals surface area contributed by atoms with Gasteiger partial charge in [0.05, 0.1) is 38.6 Å². The maximum atomic E-state index is 13.5. The number of carbonyl (C=O) groups excluding carboxylic acids is 1. The zero-order chi connectivity index (χ0) is 77.4. The van der Waals surface area contributed by atoms with E-state index in [4.69, 9.17) is 28.4 Å². The van der Waals surface area contributed by atoms with Crippen LogP contribution in [0, 0.1) is 0 Å². The summed E-state index contributed by atoms with van der Waals surface area (Å²) in [6.07, 6.45) is 60.4. The maximum absolute atomic E-state index is 13.5. The molecule has 0 spiro atoms. The van der Waals surface area contributed by atoms with Crippen molar-refractivity contribution in [3.8, 4) is 0 Å². The average Bonchev–Trinajstić information content (AvgIpc) is 0.782. The van der Waals surface area contributed by atoms with Gasteiger partial charge in [0, 0.05) is 6.42 Å². The van der Waals surface area contributed by atoms with Crippen molar-refractivity contribution in [1.82, 2.24) is 5.32 Å². The highest BCUT2D eigenvalue weighted by atomic mass is 16.8. The number of nitrogens with one attached hydrogen (secondary N) is 1. The molecule has 19 heteroatoms. The van der Waals surface area contributed by atoms with Crippen LogP contribution in [0.3, 0.4) is 0 Å². The molecule has 17 atom stereocenters. The number of aliphatic hydroxyl groups is 11. The lowest BCUT2D eigenvalue weighted by Crippen LogP contribution is -2.66. The molecule has 0 bridgehead atoms. The second-order valence-electron chi connectivity index (χ2n) is 32.1. The molecule has 0 aromatic carbocycles. The SMILES string of the molecule is CCCCCCCCCC/C=C\CCCCCCCCCCCCCCCCCCCCCCCCCCCCCCCC(=O)NC(COC1OC(CO)C(OC2OC(CO)C(OC3OC(CO)C(O)C(O)C3O)C(O)C2O)C(O)C1O)C(O)/C=C/CC/C=C/CCCCCCCCCCCCCCCCC. The minimum Gasteiger partial charge on any atom is -0.394 e. The van der Waals surface area contributed by atoms with E-state index >= 15 is 0 Å².